The fourth-order valence-electron chi connectivity index (χ4n) is 2.22. The van der Waals surface area contributed by atoms with Gasteiger partial charge in [-0.25, -0.2) is 0 Å². The molecule has 65 valence electrons. The van der Waals surface area contributed by atoms with Crippen molar-refractivity contribution in [1.29, 1.82) is 0 Å². The molecule has 0 heteroatoms. The zero-order valence-corrected chi connectivity index (χ0v) is 7.81. The molecule has 0 aromatic carbocycles. The van der Waals surface area contributed by atoms with E-state index in [9.17, 15) is 0 Å². The van der Waals surface area contributed by atoms with Crippen LogP contribution in [0.4, 0.5) is 0 Å². The molecular formula is C11H21. The Morgan fingerprint density at radius 2 is 1.64 bits per heavy atom. The summed E-state index contributed by atoms with van der Waals surface area (Å²) in [6.45, 7) is 6.24. The lowest BCUT2D eigenvalue weighted by atomic mass is 9.79. The van der Waals surface area contributed by atoms with Gasteiger partial charge in [0.05, 0.1) is 0 Å². The highest BCUT2D eigenvalue weighted by Crippen LogP contribution is 2.32. The number of hydrogen-bond donors (Lipinski definition) is 0. The normalized spacial score (nSPS) is 32.2. The van der Waals surface area contributed by atoms with Gasteiger partial charge in [0, 0.05) is 0 Å². The molecular weight excluding hydrogens is 132 g/mol. The van der Waals surface area contributed by atoms with Gasteiger partial charge in [-0.2, -0.15) is 0 Å². The van der Waals surface area contributed by atoms with Crippen LogP contribution in [0.2, 0.25) is 0 Å². The van der Waals surface area contributed by atoms with Crippen LogP contribution >= 0.6 is 0 Å². The minimum absolute atomic E-state index is 1.02. The summed E-state index contributed by atoms with van der Waals surface area (Å²) in [5.41, 5.74) is 0. The van der Waals surface area contributed by atoms with Crippen molar-refractivity contribution >= 4 is 0 Å². The second-order valence-corrected chi connectivity index (χ2v) is 3.94. The summed E-state index contributed by atoms with van der Waals surface area (Å²) < 4.78 is 0. The van der Waals surface area contributed by atoms with Crippen molar-refractivity contribution in [2.45, 2.75) is 51.9 Å². The molecule has 0 atom stereocenters. The van der Waals surface area contributed by atoms with Crippen LogP contribution in [-0.2, 0) is 0 Å². The Hall–Kier alpha value is 0. The largest absolute Gasteiger partial charge is 0.0651 e. The van der Waals surface area contributed by atoms with E-state index < -0.39 is 0 Å². The first-order chi connectivity index (χ1) is 5.36. The Bertz CT molecular complexity index is 88.2. The summed E-state index contributed by atoms with van der Waals surface area (Å²) in [7, 11) is 0. The van der Waals surface area contributed by atoms with Crippen LogP contribution in [0.3, 0.4) is 0 Å². The van der Waals surface area contributed by atoms with Gasteiger partial charge in [-0.05, 0) is 11.8 Å². The van der Waals surface area contributed by atoms with E-state index in [0.29, 0.717) is 0 Å². The third-order valence-electron chi connectivity index (χ3n) is 3.16. The molecule has 1 aliphatic carbocycles. The van der Waals surface area contributed by atoms with Gasteiger partial charge in [0.15, 0.2) is 0 Å². The molecule has 0 spiro atoms. The molecule has 0 saturated heterocycles. The third-order valence-corrected chi connectivity index (χ3v) is 3.16. The highest BCUT2D eigenvalue weighted by Gasteiger charge is 2.18. The van der Waals surface area contributed by atoms with E-state index in [-0.39, 0.29) is 0 Å². The lowest BCUT2D eigenvalue weighted by Gasteiger charge is -2.27. The van der Waals surface area contributed by atoms with Gasteiger partial charge >= 0.3 is 0 Å². The van der Waals surface area contributed by atoms with Crippen molar-refractivity contribution < 1.29 is 0 Å². The highest BCUT2D eigenvalue weighted by atomic mass is 14.2. The molecule has 0 aromatic heterocycles. The lowest BCUT2D eigenvalue weighted by molar-refractivity contribution is 0.259. The Kier molecular flexibility index (Phi) is 3.96. The standard InChI is InChI=1S/C11H21/c1-3-5-11-8-6-10(4-2)7-9-11/h10-11H,1,3-9H2,2H3. The van der Waals surface area contributed by atoms with Crippen LogP contribution in [0.1, 0.15) is 51.9 Å². The molecule has 0 aliphatic heterocycles. The zero-order chi connectivity index (χ0) is 8.10. The Balaban J connectivity index is 2.14. The predicted octanol–water partition coefficient (Wildman–Crippen LogP) is 3.82. The third kappa shape index (κ3) is 2.84. The SMILES string of the molecule is [CH2]CCC1CCC(CC)CC1. The minimum Gasteiger partial charge on any atom is -0.0651 e. The molecule has 0 heterocycles. The predicted molar refractivity (Wildman–Crippen MR) is 50.3 cm³/mol. The fraction of sp³-hybridized carbons (Fsp3) is 0.909. The van der Waals surface area contributed by atoms with E-state index in [4.69, 9.17) is 0 Å². The minimum atomic E-state index is 1.02. The molecule has 0 bridgehead atoms. The van der Waals surface area contributed by atoms with Crippen molar-refractivity contribution in [2.75, 3.05) is 0 Å². The molecule has 1 rings (SSSR count). The van der Waals surface area contributed by atoms with E-state index in [1.165, 1.54) is 38.5 Å². The average molecular weight is 153 g/mol. The van der Waals surface area contributed by atoms with Crippen LogP contribution in [0.15, 0.2) is 0 Å². The lowest BCUT2D eigenvalue weighted by Crippen LogP contribution is -2.13. The maximum atomic E-state index is 3.92. The first-order valence-electron chi connectivity index (χ1n) is 5.16. The van der Waals surface area contributed by atoms with Gasteiger partial charge in [0.2, 0.25) is 0 Å². The maximum absolute atomic E-state index is 3.92. The highest BCUT2D eigenvalue weighted by molar-refractivity contribution is 4.71. The Labute approximate surface area is 71.4 Å². The van der Waals surface area contributed by atoms with Crippen LogP contribution in [-0.4, -0.2) is 0 Å². The summed E-state index contributed by atoms with van der Waals surface area (Å²) in [5, 5.41) is 0. The van der Waals surface area contributed by atoms with Crippen molar-refractivity contribution in [3.05, 3.63) is 6.92 Å². The molecule has 0 nitrogen and oxygen atoms in total. The molecule has 0 N–H and O–H groups in total. The van der Waals surface area contributed by atoms with Crippen molar-refractivity contribution in [3.63, 3.8) is 0 Å². The average Bonchev–Trinajstić information content (AvgIpc) is 2.07. The second kappa shape index (κ2) is 4.79. The summed E-state index contributed by atoms with van der Waals surface area (Å²) in [6, 6.07) is 0. The first-order valence-corrected chi connectivity index (χ1v) is 5.16. The quantitative estimate of drug-likeness (QED) is 0.578. The van der Waals surface area contributed by atoms with Crippen LogP contribution in [0.25, 0.3) is 0 Å². The molecule has 0 amide bonds. The summed E-state index contributed by atoms with van der Waals surface area (Å²) >= 11 is 0. The van der Waals surface area contributed by atoms with Crippen LogP contribution in [0, 0.1) is 18.8 Å². The summed E-state index contributed by atoms with van der Waals surface area (Å²) in [5.74, 6) is 2.08. The van der Waals surface area contributed by atoms with E-state index in [0.717, 1.165) is 18.3 Å². The zero-order valence-electron chi connectivity index (χ0n) is 7.81. The molecule has 1 aliphatic rings. The van der Waals surface area contributed by atoms with Crippen molar-refractivity contribution in [1.82, 2.24) is 0 Å². The van der Waals surface area contributed by atoms with Crippen LogP contribution in [0.5, 0.6) is 0 Å². The first kappa shape index (κ1) is 9.09. The summed E-state index contributed by atoms with van der Waals surface area (Å²) in [4.78, 5) is 0. The molecule has 0 aromatic rings. The molecule has 1 saturated carbocycles. The number of hydrogen-bond acceptors (Lipinski definition) is 0. The fourth-order valence-corrected chi connectivity index (χ4v) is 2.22. The number of rotatable bonds is 3. The van der Waals surface area contributed by atoms with Crippen molar-refractivity contribution in [2.24, 2.45) is 11.8 Å². The smallest absolute Gasteiger partial charge is 0.0414 e. The Morgan fingerprint density at radius 3 is 2.09 bits per heavy atom. The van der Waals surface area contributed by atoms with Gasteiger partial charge in [-0.15, -0.1) is 0 Å². The van der Waals surface area contributed by atoms with Gasteiger partial charge in [0.1, 0.15) is 0 Å². The van der Waals surface area contributed by atoms with Crippen LogP contribution < -0.4 is 0 Å². The van der Waals surface area contributed by atoms with Gasteiger partial charge in [0.25, 0.3) is 0 Å². The van der Waals surface area contributed by atoms with E-state index >= 15 is 0 Å². The van der Waals surface area contributed by atoms with E-state index in [1.54, 1.807) is 0 Å². The monoisotopic (exact) mass is 153 g/mol. The second-order valence-electron chi connectivity index (χ2n) is 3.94. The Morgan fingerprint density at radius 1 is 1.09 bits per heavy atom. The van der Waals surface area contributed by atoms with Gasteiger partial charge in [-0.3, -0.25) is 0 Å². The van der Waals surface area contributed by atoms with Crippen molar-refractivity contribution in [3.8, 4) is 0 Å². The van der Waals surface area contributed by atoms with E-state index in [1.807, 2.05) is 0 Å². The van der Waals surface area contributed by atoms with Gasteiger partial charge < -0.3 is 0 Å². The van der Waals surface area contributed by atoms with Gasteiger partial charge in [-0.1, -0.05) is 58.8 Å². The van der Waals surface area contributed by atoms with E-state index in [2.05, 4.69) is 13.8 Å². The topological polar surface area (TPSA) is 0 Å². The summed E-state index contributed by atoms with van der Waals surface area (Å²) in [6.07, 6.45) is 9.85. The maximum Gasteiger partial charge on any atom is -0.0414 e. The molecule has 0 unspecified atom stereocenters. The molecule has 1 fully saturated rings. The molecule has 1 radical (unpaired) electrons. The molecule has 11 heavy (non-hydrogen) atoms.